The summed E-state index contributed by atoms with van der Waals surface area (Å²) in [5.74, 6) is 4.89. The minimum absolute atomic E-state index is 0.505. The average Bonchev–Trinajstić information content (AvgIpc) is 2.67. The first-order valence-electron chi connectivity index (χ1n) is 11.3. The molecule has 3 fully saturated rings. The van der Waals surface area contributed by atoms with Crippen molar-refractivity contribution in [3.63, 3.8) is 0 Å². The van der Waals surface area contributed by atoms with Gasteiger partial charge in [0.25, 0.3) is 6.08 Å². The maximum atomic E-state index is 12.2. The summed E-state index contributed by atoms with van der Waals surface area (Å²) in [4.78, 5) is 0. The van der Waals surface area contributed by atoms with Crippen LogP contribution < -0.4 is 0 Å². The number of allylic oxidation sites excluding steroid dienone is 3. The smallest absolute Gasteiger partial charge is 0.174 e. The van der Waals surface area contributed by atoms with Gasteiger partial charge in [-0.1, -0.05) is 31.9 Å². The van der Waals surface area contributed by atoms with Crippen molar-refractivity contribution in [3.8, 4) is 0 Å². The van der Waals surface area contributed by atoms with Crippen LogP contribution in [0.25, 0.3) is 0 Å². The number of hydrogen-bond acceptors (Lipinski definition) is 0. The molecule has 0 bridgehead atoms. The van der Waals surface area contributed by atoms with E-state index in [1.807, 2.05) is 0 Å². The number of hydrogen-bond donors (Lipinski definition) is 0. The average molecular weight is 365 g/mol. The zero-order valence-corrected chi connectivity index (χ0v) is 16.6. The molecule has 0 heterocycles. The third-order valence-electron chi connectivity index (χ3n) is 7.70. The summed E-state index contributed by atoms with van der Waals surface area (Å²) in [5, 5.41) is 0. The van der Waals surface area contributed by atoms with Crippen LogP contribution in [0.1, 0.15) is 90.4 Å². The van der Waals surface area contributed by atoms with Crippen molar-refractivity contribution < 1.29 is 8.78 Å². The summed E-state index contributed by atoms with van der Waals surface area (Å²) in [7, 11) is 0. The lowest BCUT2D eigenvalue weighted by molar-refractivity contribution is 0.155. The Morgan fingerprint density at radius 1 is 0.692 bits per heavy atom. The summed E-state index contributed by atoms with van der Waals surface area (Å²) < 4.78 is 24.5. The van der Waals surface area contributed by atoms with Crippen LogP contribution in [0.5, 0.6) is 0 Å². The van der Waals surface area contributed by atoms with Gasteiger partial charge in [0.15, 0.2) is 0 Å². The quantitative estimate of drug-likeness (QED) is 0.432. The van der Waals surface area contributed by atoms with Gasteiger partial charge in [-0.2, -0.15) is 8.78 Å². The van der Waals surface area contributed by atoms with Gasteiger partial charge >= 0.3 is 0 Å². The Hall–Kier alpha value is -0.660. The molecule has 0 spiro atoms. The van der Waals surface area contributed by atoms with Crippen LogP contribution in [-0.2, 0) is 0 Å². The first kappa shape index (κ1) is 20.1. The fourth-order valence-electron chi connectivity index (χ4n) is 5.75. The second-order valence-corrected chi connectivity index (χ2v) is 9.59. The van der Waals surface area contributed by atoms with Gasteiger partial charge in [0, 0.05) is 0 Å². The molecule has 0 amide bonds. The molecular formula is C24H38F2. The first-order valence-corrected chi connectivity index (χ1v) is 11.3. The normalized spacial score (nSPS) is 39.0. The van der Waals surface area contributed by atoms with E-state index in [1.165, 1.54) is 64.2 Å². The van der Waals surface area contributed by atoms with Crippen LogP contribution >= 0.6 is 0 Å². The van der Waals surface area contributed by atoms with Crippen molar-refractivity contribution in [2.24, 2.45) is 35.5 Å². The molecule has 3 aliphatic carbocycles. The Kier molecular flexibility index (Phi) is 7.76. The van der Waals surface area contributed by atoms with Gasteiger partial charge in [-0.15, -0.1) is 0 Å². The van der Waals surface area contributed by atoms with E-state index < -0.39 is 6.08 Å². The highest BCUT2D eigenvalue weighted by molar-refractivity contribution is 4.97. The maximum absolute atomic E-state index is 12.2. The minimum Gasteiger partial charge on any atom is -0.174 e. The fourth-order valence-corrected chi connectivity index (χ4v) is 5.75. The van der Waals surface area contributed by atoms with E-state index in [4.69, 9.17) is 0 Å². The van der Waals surface area contributed by atoms with Gasteiger partial charge < -0.3 is 0 Å². The molecule has 0 aromatic rings. The summed E-state index contributed by atoms with van der Waals surface area (Å²) in [6.45, 7) is 2.39. The molecule has 0 saturated heterocycles. The Morgan fingerprint density at radius 3 is 1.65 bits per heavy atom. The fraction of sp³-hybridized carbons (Fsp3) is 0.833. The minimum atomic E-state index is -1.50. The van der Waals surface area contributed by atoms with E-state index in [0.29, 0.717) is 12.3 Å². The third-order valence-corrected chi connectivity index (χ3v) is 7.70. The molecule has 2 heteroatoms. The molecule has 148 valence electrons. The van der Waals surface area contributed by atoms with Crippen molar-refractivity contribution in [2.45, 2.75) is 90.4 Å². The number of halogens is 2. The van der Waals surface area contributed by atoms with Crippen molar-refractivity contribution in [1.29, 1.82) is 0 Å². The molecule has 3 aliphatic rings. The van der Waals surface area contributed by atoms with E-state index >= 15 is 0 Å². The van der Waals surface area contributed by atoms with Crippen LogP contribution in [0, 0.1) is 35.5 Å². The zero-order valence-electron chi connectivity index (χ0n) is 16.6. The molecule has 0 radical (unpaired) electrons. The van der Waals surface area contributed by atoms with E-state index in [2.05, 4.69) is 19.1 Å². The highest BCUT2D eigenvalue weighted by atomic mass is 19.3. The van der Waals surface area contributed by atoms with Crippen molar-refractivity contribution in [1.82, 2.24) is 0 Å². The molecule has 3 saturated carbocycles. The van der Waals surface area contributed by atoms with Gasteiger partial charge in [0.05, 0.1) is 0 Å². The standard InChI is InChI=1S/C24H38F2/c1-18-2-4-19(5-3-18)6-7-20-8-13-22(14-9-20)23-15-10-21(11-16-23)12-17-24(25)26/h6-7,17-23H,2-5,8-16H2,1H3. The molecule has 0 atom stereocenters. The first-order chi connectivity index (χ1) is 12.6. The summed E-state index contributed by atoms with van der Waals surface area (Å²) >= 11 is 0. The van der Waals surface area contributed by atoms with E-state index in [0.717, 1.165) is 48.5 Å². The molecular weight excluding hydrogens is 326 g/mol. The van der Waals surface area contributed by atoms with Crippen molar-refractivity contribution in [3.05, 3.63) is 24.3 Å². The van der Waals surface area contributed by atoms with E-state index in [9.17, 15) is 8.78 Å². The lowest BCUT2D eigenvalue weighted by Gasteiger charge is -2.37. The SMILES string of the molecule is CC1CCC(C=CC2CCC(C3CCC(CC=C(F)F)CC3)CC2)CC1. The molecule has 26 heavy (non-hydrogen) atoms. The van der Waals surface area contributed by atoms with Gasteiger partial charge in [-0.25, -0.2) is 0 Å². The second-order valence-electron chi connectivity index (χ2n) is 9.59. The van der Waals surface area contributed by atoms with Gasteiger partial charge in [0.1, 0.15) is 0 Å². The predicted octanol–water partition coefficient (Wildman–Crippen LogP) is 8.15. The van der Waals surface area contributed by atoms with Crippen LogP contribution in [0.15, 0.2) is 24.3 Å². The van der Waals surface area contributed by atoms with Crippen LogP contribution in [-0.4, -0.2) is 0 Å². The Morgan fingerprint density at radius 2 is 1.15 bits per heavy atom. The largest absolute Gasteiger partial charge is 0.266 e. The Bertz CT molecular complexity index is 453. The Balaban J connectivity index is 1.34. The van der Waals surface area contributed by atoms with Crippen LogP contribution in [0.3, 0.4) is 0 Å². The summed E-state index contributed by atoms with van der Waals surface area (Å²) in [6.07, 6.45) is 21.4. The summed E-state index contributed by atoms with van der Waals surface area (Å²) in [6, 6.07) is 0. The molecule has 0 aromatic carbocycles. The van der Waals surface area contributed by atoms with E-state index in [1.54, 1.807) is 0 Å². The zero-order chi connectivity index (χ0) is 18.4. The third kappa shape index (κ3) is 6.20. The molecule has 0 aliphatic heterocycles. The molecule has 0 aromatic heterocycles. The van der Waals surface area contributed by atoms with Gasteiger partial charge in [0.2, 0.25) is 0 Å². The van der Waals surface area contributed by atoms with Gasteiger partial charge in [-0.05, 0) is 112 Å². The van der Waals surface area contributed by atoms with Gasteiger partial charge in [-0.3, -0.25) is 0 Å². The summed E-state index contributed by atoms with van der Waals surface area (Å²) in [5.41, 5.74) is 0. The predicted molar refractivity (Wildman–Crippen MR) is 106 cm³/mol. The van der Waals surface area contributed by atoms with Crippen LogP contribution in [0.2, 0.25) is 0 Å². The lowest BCUT2D eigenvalue weighted by Crippen LogP contribution is -2.25. The van der Waals surface area contributed by atoms with E-state index in [-0.39, 0.29) is 0 Å². The molecule has 0 nitrogen and oxygen atoms in total. The number of rotatable bonds is 5. The topological polar surface area (TPSA) is 0 Å². The monoisotopic (exact) mass is 364 g/mol. The molecule has 3 rings (SSSR count). The van der Waals surface area contributed by atoms with Crippen molar-refractivity contribution in [2.75, 3.05) is 0 Å². The highest BCUT2D eigenvalue weighted by Gasteiger charge is 2.30. The van der Waals surface area contributed by atoms with Crippen molar-refractivity contribution >= 4 is 0 Å². The highest BCUT2D eigenvalue weighted by Crippen LogP contribution is 2.42. The van der Waals surface area contributed by atoms with Crippen LogP contribution in [0.4, 0.5) is 8.78 Å². The molecule has 0 N–H and O–H groups in total. The second kappa shape index (κ2) is 10.0. The maximum Gasteiger partial charge on any atom is 0.266 e. The Labute approximate surface area is 159 Å². The molecule has 0 unspecified atom stereocenters. The lowest BCUT2D eigenvalue weighted by atomic mass is 9.68.